The Morgan fingerprint density at radius 1 is 1.10 bits per heavy atom. The number of thioether (sulfide) groups is 1. The summed E-state index contributed by atoms with van der Waals surface area (Å²) >= 11 is 1.38. The number of rotatable bonds is 12. The number of ether oxygens (including phenoxy) is 1. The molecule has 2 fully saturated rings. The van der Waals surface area contributed by atoms with Crippen molar-refractivity contribution in [1.82, 2.24) is 9.62 Å². The molecule has 2 aromatic carbocycles. The lowest BCUT2D eigenvalue weighted by atomic mass is 9.86. The molecule has 4 rings (SSSR count). The Morgan fingerprint density at radius 2 is 1.73 bits per heavy atom. The fourth-order valence-electron chi connectivity index (χ4n) is 4.78. The maximum Gasteiger partial charge on any atom is 0.271 e. The van der Waals surface area contributed by atoms with Crippen LogP contribution in [0, 0.1) is 17.5 Å². The maximum absolute atomic E-state index is 15.1. The van der Waals surface area contributed by atoms with Crippen LogP contribution in [0.1, 0.15) is 38.5 Å². The van der Waals surface area contributed by atoms with Crippen molar-refractivity contribution < 1.29 is 35.5 Å². The molecule has 7 nitrogen and oxygen atoms in total. The Morgan fingerprint density at radius 3 is 2.33 bits per heavy atom. The number of hydrogen-bond acceptors (Lipinski definition) is 7. The number of hydrogen-bond donors (Lipinski definition) is 2. The average Bonchev–Trinajstić information content (AvgIpc) is 2.89. The highest BCUT2D eigenvalue weighted by Crippen LogP contribution is 2.33. The molecule has 1 saturated carbocycles. The van der Waals surface area contributed by atoms with Gasteiger partial charge in [0.05, 0.1) is 11.0 Å². The summed E-state index contributed by atoms with van der Waals surface area (Å²) in [7, 11) is -3.08. The summed E-state index contributed by atoms with van der Waals surface area (Å²) in [6.07, 6.45) is 2.07. The van der Waals surface area contributed by atoms with E-state index in [1.807, 2.05) is 0 Å². The van der Waals surface area contributed by atoms with Crippen LogP contribution in [0.3, 0.4) is 0 Å². The van der Waals surface area contributed by atoms with Gasteiger partial charge < -0.3 is 10.1 Å². The number of nitrogens with zero attached hydrogens (tertiary/aromatic N) is 1. The van der Waals surface area contributed by atoms with E-state index in [1.165, 1.54) is 23.9 Å². The van der Waals surface area contributed by atoms with E-state index in [0.717, 1.165) is 24.4 Å². The molecule has 2 aliphatic rings. The minimum Gasteiger partial charge on any atom is -0.379 e. The lowest BCUT2D eigenvalue weighted by Crippen LogP contribution is -2.52. The van der Waals surface area contributed by atoms with Crippen LogP contribution in [0.25, 0.3) is 0 Å². The number of halogens is 4. The largest absolute Gasteiger partial charge is 0.379 e. The van der Waals surface area contributed by atoms with E-state index in [0.29, 0.717) is 43.7 Å². The van der Waals surface area contributed by atoms with E-state index in [1.54, 1.807) is 24.0 Å². The van der Waals surface area contributed by atoms with Crippen LogP contribution in [-0.4, -0.2) is 69.5 Å². The SMILES string of the molecule is COC1CN(CC[C@H](CSc2ccc(F)cc2)Nc2c(F)cc(S(=O)(=O)NC(=O)C3(F)CCCCC3)cc2F)C1. The summed E-state index contributed by atoms with van der Waals surface area (Å²) in [4.78, 5) is 14.5. The van der Waals surface area contributed by atoms with Gasteiger partial charge in [-0.2, -0.15) is 0 Å². The number of benzene rings is 2. The van der Waals surface area contributed by atoms with E-state index in [4.69, 9.17) is 4.74 Å². The summed E-state index contributed by atoms with van der Waals surface area (Å²) in [5, 5.41) is 2.86. The number of methoxy groups -OCH3 is 1. The van der Waals surface area contributed by atoms with Crippen LogP contribution in [0.15, 0.2) is 46.2 Å². The van der Waals surface area contributed by atoms with Crippen LogP contribution in [0.4, 0.5) is 23.2 Å². The Labute approximate surface area is 236 Å². The highest BCUT2D eigenvalue weighted by Gasteiger charge is 2.41. The Bertz CT molecular complexity index is 1260. The second kappa shape index (κ2) is 13.1. The molecule has 0 bridgehead atoms. The van der Waals surface area contributed by atoms with Crippen molar-refractivity contribution in [2.75, 3.05) is 37.8 Å². The molecular weight excluding hydrogens is 570 g/mol. The molecular formula is C27H33F4N3O4S2. The van der Waals surface area contributed by atoms with Crippen molar-refractivity contribution in [2.45, 2.75) is 66.1 Å². The number of carbonyl (C=O) groups is 1. The predicted octanol–water partition coefficient (Wildman–Crippen LogP) is 4.87. The van der Waals surface area contributed by atoms with Crippen molar-refractivity contribution in [3.63, 3.8) is 0 Å². The maximum atomic E-state index is 15.1. The molecule has 1 aliphatic heterocycles. The van der Waals surface area contributed by atoms with Gasteiger partial charge in [0.1, 0.15) is 11.5 Å². The van der Waals surface area contributed by atoms with E-state index >= 15 is 8.78 Å². The summed E-state index contributed by atoms with van der Waals surface area (Å²) in [6, 6.07) is 6.66. The van der Waals surface area contributed by atoms with Crippen LogP contribution in [0.5, 0.6) is 0 Å². The molecule has 0 radical (unpaired) electrons. The van der Waals surface area contributed by atoms with Crippen LogP contribution in [0.2, 0.25) is 0 Å². The van der Waals surface area contributed by atoms with Crippen molar-refractivity contribution in [3.8, 4) is 0 Å². The van der Waals surface area contributed by atoms with Gasteiger partial charge in [-0.3, -0.25) is 9.69 Å². The van der Waals surface area contributed by atoms with Gasteiger partial charge in [0.15, 0.2) is 17.3 Å². The van der Waals surface area contributed by atoms with Crippen molar-refractivity contribution in [2.24, 2.45) is 0 Å². The molecule has 0 spiro atoms. The number of likely N-dealkylation sites (tertiary alicyclic amines) is 1. The minimum absolute atomic E-state index is 0.110. The number of sulfonamides is 1. The lowest BCUT2D eigenvalue weighted by Gasteiger charge is -2.38. The molecule has 13 heteroatoms. The van der Waals surface area contributed by atoms with Gasteiger partial charge in [-0.25, -0.2) is 30.7 Å². The number of amides is 1. The molecule has 1 amide bonds. The van der Waals surface area contributed by atoms with Gasteiger partial charge >= 0.3 is 0 Å². The third-order valence-electron chi connectivity index (χ3n) is 7.27. The first-order chi connectivity index (χ1) is 19.0. The average molecular weight is 604 g/mol. The summed E-state index contributed by atoms with van der Waals surface area (Å²) in [5.74, 6) is -3.64. The van der Waals surface area contributed by atoms with E-state index in [-0.39, 0.29) is 24.8 Å². The molecule has 2 aromatic rings. The minimum atomic E-state index is -4.71. The molecule has 0 aromatic heterocycles. The molecule has 1 saturated heterocycles. The monoisotopic (exact) mass is 603 g/mol. The second-order valence-corrected chi connectivity index (χ2v) is 13.0. The van der Waals surface area contributed by atoms with Gasteiger partial charge in [0, 0.05) is 43.4 Å². The molecule has 220 valence electrons. The van der Waals surface area contributed by atoms with Crippen LogP contribution in [-0.2, 0) is 19.6 Å². The third kappa shape index (κ3) is 7.68. The number of alkyl halides is 1. The number of nitrogens with one attached hydrogen (secondary N) is 2. The number of carbonyl (C=O) groups excluding carboxylic acids is 1. The van der Waals surface area contributed by atoms with Gasteiger partial charge in [-0.05, 0) is 68.5 Å². The zero-order chi connectivity index (χ0) is 28.9. The Hall–Kier alpha value is -2.35. The smallest absolute Gasteiger partial charge is 0.271 e. The van der Waals surface area contributed by atoms with Crippen LogP contribution >= 0.6 is 11.8 Å². The fourth-order valence-corrected chi connectivity index (χ4v) is 6.81. The topological polar surface area (TPSA) is 87.7 Å². The third-order valence-corrected chi connectivity index (χ3v) is 9.76. The first-order valence-electron chi connectivity index (χ1n) is 13.1. The van der Waals surface area contributed by atoms with Gasteiger partial charge in [0.25, 0.3) is 15.9 Å². The molecule has 1 atom stereocenters. The predicted molar refractivity (Wildman–Crippen MR) is 145 cm³/mol. The molecule has 40 heavy (non-hydrogen) atoms. The zero-order valence-electron chi connectivity index (χ0n) is 22.1. The summed E-state index contributed by atoms with van der Waals surface area (Å²) in [6.45, 7) is 2.12. The second-order valence-electron chi connectivity index (χ2n) is 10.2. The van der Waals surface area contributed by atoms with Crippen molar-refractivity contribution >= 4 is 33.4 Å². The molecule has 1 heterocycles. The number of anilines is 1. The van der Waals surface area contributed by atoms with E-state index < -0.39 is 49.9 Å². The van der Waals surface area contributed by atoms with Crippen molar-refractivity contribution in [3.05, 3.63) is 53.8 Å². The normalized spacial score (nSPS) is 18.6. The van der Waals surface area contributed by atoms with Crippen LogP contribution < -0.4 is 10.0 Å². The highest BCUT2D eigenvalue weighted by molar-refractivity contribution is 7.99. The van der Waals surface area contributed by atoms with Gasteiger partial charge in [0.2, 0.25) is 0 Å². The first-order valence-corrected chi connectivity index (χ1v) is 15.6. The van der Waals surface area contributed by atoms with Gasteiger partial charge in [-0.15, -0.1) is 11.8 Å². The Balaban J connectivity index is 1.46. The molecule has 1 aliphatic carbocycles. The van der Waals surface area contributed by atoms with Gasteiger partial charge in [-0.1, -0.05) is 6.42 Å². The Kier molecular flexibility index (Phi) is 10.0. The standard InChI is InChI=1S/C27H33F4N3O4S2/c1-38-20-15-34(16-20)12-9-19(17-39-21-7-5-18(28)6-8-21)32-25-23(29)13-22(14-24(25)30)40(36,37)33-26(35)27(31)10-3-2-4-11-27/h5-8,13-14,19-20,32H,2-4,9-12,15-17H2,1H3,(H,33,35)/t19-/m1/s1. The quantitative estimate of drug-likeness (QED) is 0.264. The first kappa shape index (κ1) is 30.6. The highest BCUT2D eigenvalue weighted by atomic mass is 32.2. The lowest BCUT2D eigenvalue weighted by molar-refractivity contribution is -0.133. The molecule has 0 unspecified atom stereocenters. The fraction of sp³-hybridized carbons (Fsp3) is 0.519. The van der Waals surface area contributed by atoms with Crippen molar-refractivity contribution in [1.29, 1.82) is 0 Å². The van der Waals surface area contributed by atoms with E-state index in [2.05, 4.69) is 10.2 Å². The summed E-state index contributed by atoms with van der Waals surface area (Å²) < 4.78 is 90.8. The molecule has 2 N–H and O–H groups in total. The van der Waals surface area contributed by atoms with E-state index in [9.17, 15) is 22.0 Å². The summed E-state index contributed by atoms with van der Waals surface area (Å²) in [5.41, 5.74) is -2.85. The zero-order valence-corrected chi connectivity index (χ0v) is 23.7.